The topological polar surface area (TPSA) is 41.1 Å². The van der Waals surface area contributed by atoms with Crippen LogP contribution in [0.15, 0.2) is 36.4 Å². The second kappa shape index (κ2) is 5.85. The number of anilines is 1. The van der Waals surface area contributed by atoms with Gasteiger partial charge in [0.15, 0.2) is 0 Å². The predicted molar refractivity (Wildman–Crippen MR) is 83.6 cm³/mol. The molecule has 0 fully saturated rings. The number of nitrogens with one attached hydrogen (secondary N) is 2. The fraction of sp³-hybridized carbons (Fsp3) is 0.267. The van der Waals surface area contributed by atoms with Crippen molar-refractivity contribution in [1.29, 1.82) is 0 Å². The number of carbonyl (C=O) groups is 1. The number of thiophene rings is 1. The summed E-state index contributed by atoms with van der Waals surface area (Å²) in [5.74, 6) is 0.0591. The van der Waals surface area contributed by atoms with Crippen LogP contribution < -0.4 is 10.6 Å². The molecule has 3 nitrogen and oxygen atoms in total. The average molecular weight is 307 g/mol. The molecule has 2 N–H and O–H groups in total. The summed E-state index contributed by atoms with van der Waals surface area (Å²) in [5.41, 5.74) is 2.27. The molecule has 1 aliphatic heterocycles. The third-order valence-corrected chi connectivity index (χ3v) is 4.68. The highest BCUT2D eigenvalue weighted by Gasteiger charge is 2.25. The number of fused-ring (bicyclic) bond motifs is 1. The normalized spacial score (nSPS) is 16.6. The quantitative estimate of drug-likeness (QED) is 0.911. The lowest BCUT2D eigenvalue weighted by molar-refractivity contribution is -0.121. The van der Waals surface area contributed by atoms with E-state index in [0.717, 1.165) is 22.9 Å². The van der Waals surface area contributed by atoms with E-state index in [4.69, 9.17) is 11.6 Å². The van der Waals surface area contributed by atoms with E-state index in [1.54, 1.807) is 11.3 Å². The van der Waals surface area contributed by atoms with E-state index in [-0.39, 0.29) is 11.9 Å². The summed E-state index contributed by atoms with van der Waals surface area (Å²) in [4.78, 5) is 13.3. The summed E-state index contributed by atoms with van der Waals surface area (Å²) in [6.45, 7) is 0.643. The number of benzene rings is 1. The first-order valence-corrected chi connectivity index (χ1v) is 7.78. The number of carbonyl (C=O) groups excluding carboxylic acids is 1. The van der Waals surface area contributed by atoms with Gasteiger partial charge in [-0.15, -0.1) is 11.3 Å². The molecule has 1 amide bonds. The summed E-state index contributed by atoms with van der Waals surface area (Å²) in [5, 5.41) is 6.24. The number of rotatable bonds is 4. The Morgan fingerprint density at radius 1 is 1.35 bits per heavy atom. The van der Waals surface area contributed by atoms with Crippen molar-refractivity contribution >= 4 is 34.5 Å². The van der Waals surface area contributed by atoms with Crippen LogP contribution in [0.2, 0.25) is 4.34 Å². The fourth-order valence-electron chi connectivity index (χ4n) is 2.37. The van der Waals surface area contributed by atoms with Crippen molar-refractivity contribution in [3.8, 4) is 0 Å². The van der Waals surface area contributed by atoms with E-state index in [0.29, 0.717) is 6.54 Å². The van der Waals surface area contributed by atoms with Gasteiger partial charge in [-0.3, -0.25) is 4.79 Å². The Bertz CT molecular complexity index is 601. The van der Waals surface area contributed by atoms with Crippen LogP contribution >= 0.6 is 22.9 Å². The molecule has 2 aromatic rings. The van der Waals surface area contributed by atoms with Crippen molar-refractivity contribution in [2.75, 3.05) is 11.9 Å². The van der Waals surface area contributed by atoms with Gasteiger partial charge in [-0.25, -0.2) is 0 Å². The first-order chi connectivity index (χ1) is 9.72. The van der Waals surface area contributed by atoms with Crippen molar-refractivity contribution in [1.82, 2.24) is 5.32 Å². The van der Waals surface area contributed by atoms with E-state index >= 15 is 0 Å². The Morgan fingerprint density at radius 2 is 2.20 bits per heavy atom. The van der Waals surface area contributed by atoms with Gasteiger partial charge in [0.1, 0.15) is 6.04 Å². The Morgan fingerprint density at radius 3 is 2.95 bits per heavy atom. The fourth-order valence-corrected chi connectivity index (χ4v) is 3.46. The van der Waals surface area contributed by atoms with Crippen LogP contribution in [0.1, 0.15) is 10.4 Å². The first-order valence-electron chi connectivity index (χ1n) is 6.59. The zero-order valence-electron chi connectivity index (χ0n) is 10.9. The van der Waals surface area contributed by atoms with Gasteiger partial charge in [-0.1, -0.05) is 29.8 Å². The minimum Gasteiger partial charge on any atom is -0.373 e. The molecule has 20 heavy (non-hydrogen) atoms. The molecule has 5 heteroatoms. The van der Waals surface area contributed by atoms with Crippen LogP contribution in [0.5, 0.6) is 0 Å². The Kier molecular flexibility index (Phi) is 3.94. The van der Waals surface area contributed by atoms with E-state index in [9.17, 15) is 4.79 Å². The molecular weight excluding hydrogens is 292 g/mol. The number of amides is 1. The van der Waals surface area contributed by atoms with Gasteiger partial charge < -0.3 is 10.6 Å². The van der Waals surface area contributed by atoms with Crippen molar-refractivity contribution in [3.63, 3.8) is 0 Å². The summed E-state index contributed by atoms with van der Waals surface area (Å²) in [6, 6.07) is 11.8. The minimum absolute atomic E-state index is 0.0591. The molecule has 2 heterocycles. The standard InChI is InChI=1S/C15H15ClN2OS/c16-14-6-5-11(20-14)7-8-17-15(19)13-9-10-3-1-2-4-12(10)18-13/h1-6,13,18H,7-9H2,(H,17,19). The number of halogens is 1. The number of hydrogen-bond donors (Lipinski definition) is 2. The molecule has 0 saturated carbocycles. The lowest BCUT2D eigenvalue weighted by atomic mass is 10.1. The smallest absolute Gasteiger partial charge is 0.242 e. The summed E-state index contributed by atoms with van der Waals surface area (Å²) < 4.78 is 0.791. The van der Waals surface area contributed by atoms with Crippen molar-refractivity contribution < 1.29 is 4.79 Å². The third kappa shape index (κ3) is 2.97. The third-order valence-electron chi connectivity index (χ3n) is 3.39. The highest BCUT2D eigenvalue weighted by molar-refractivity contribution is 7.16. The van der Waals surface area contributed by atoms with Gasteiger partial charge in [0.25, 0.3) is 0 Å². The van der Waals surface area contributed by atoms with Gasteiger partial charge in [-0.05, 0) is 30.2 Å². The lowest BCUT2D eigenvalue weighted by Gasteiger charge is -2.11. The Hall–Kier alpha value is -1.52. The zero-order chi connectivity index (χ0) is 13.9. The Labute approximate surface area is 127 Å². The summed E-state index contributed by atoms with van der Waals surface area (Å²) >= 11 is 7.44. The van der Waals surface area contributed by atoms with Crippen molar-refractivity contribution in [2.45, 2.75) is 18.9 Å². The molecule has 1 atom stereocenters. The Balaban J connectivity index is 1.49. The van der Waals surface area contributed by atoms with Gasteiger partial charge in [-0.2, -0.15) is 0 Å². The zero-order valence-corrected chi connectivity index (χ0v) is 12.4. The van der Waals surface area contributed by atoms with Crippen LogP contribution in [0.3, 0.4) is 0 Å². The van der Waals surface area contributed by atoms with E-state index in [1.165, 1.54) is 10.4 Å². The molecule has 1 unspecified atom stereocenters. The summed E-state index contributed by atoms with van der Waals surface area (Å²) in [7, 11) is 0. The van der Waals surface area contributed by atoms with Gasteiger partial charge >= 0.3 is 0 Å². The minimum atomic E-state index is -0.153. The summed E-state index contributed by atoms with van der Waals surface area (Å²) in [6.07, 6.45) is 1.58. The SMILES string of the molecule is O=C(NCCc1ccc(Cl)s1)C1Cc2ccccc2N1. The van der Waals surface area contributed by atoms with Crippen molar-refractivity contribution in [3.05, 3.63) is 51.2 Å². The second-order valence-electron chi connectivity index (χ2n) is 4.81. The first kappa shape index (κ1) is 13.5. The van der Waals surface area contributed by atoms with Gasteiger partial charge in [0.2, 0.25) is 5.91 Å². The number of hydrogen-bond acceptors (Lipinski definition) is 3. The lowest BCUT2D eigenvalue weighted by Crippen LogP contribution is -2.39. The maximum Gasteiger partial charge on any atom is 0.242 e. The van der Waals surface area contributed by atoms with E-state index in [2.05, 4.69) is 16.7 Å². The second-order valence-corrected chi connectivity index (χ2v) is 6.60. The van der Waals surface area contributed by atoms with Crippen LogP contribution in [-0.2, 0) is 17.6 Å². The number of para-hydroxylation sites is 1. The monoisotopic (exact) mass is 306 g/mol. The largest absolute Gasteiger partial charge is 0.373 e. The van der Waals surface area contributed by atoms with Crippen molar-refractivity contribution in [2.24, 2.45) is 0 Å². The van der Waals surface area contributed by atoms with E-state index < -0.39 is 0 Å². The van der Waals surface area contributed by atoms with Crippen LogP contribution in [0.4, 0.5) is 5.69 Å². The molecule has 1 aromatic heterocycles. The van der Waals surface area contributed by atoms with E-state index in [1.807, 2.05) is 30.3 Å². The predicted octanol–water partition coefficient (Wildman–Crippen LogP) is 3.10. The highest BCUT2D eigenvalue weighted by atomic mass is 35.5. The molecule has 104 valence electrons. The molecular formula is C15H15ClN2OS. The van der Waals surface area contributed by atoms with Gasteiger partial charge in [0.05, 0.1) is 4.34 Å². The van der Waals surface area contributed by atoms with Crippen LogP contribution in [0, 0.1) is 0 Å². The molecule has 1 aliphatic rings. The molecule has 0 bridgehead atoms. The molecule has 3 rings (SSSR count). The molecule has 0 saturated heterocycles. The molecule has 1 aromatic carbocycles. The molecule has 0 aliphatic carbocycles. The van der Waals surface area contributed by atoms with Gasteiger partial charge in [0, 0.05) is 23.5 Å². The molecule has 0 radical (unpaired) electrons. The molecule has 0 spiro atoms. The highest BCUT2D eigenvalue weighted by Crippen LogP contribution is 2.25. The maximum absolute atomic E-state index is 12.1. The average Bonchev–Trinajstić information content (AvgIpc) is 3.04. The van der Waals surface area contributed by atoms with Crippen LogP contribution in [-0.4, -0.2) is 18.5 Å². The van der Waals surface area contributed by atoms with Crippen LogP contribution in [0.25, 0.3) is 0 Å². The maximum atomic E-state index is 12.1.